The fourth-order valence-electron chi connectivity index (χ4n) is 2.70. The topological polar surface area (TPSA) is 40.5 Å². The first-order valence-electron chi connectivity index (χ1n) is 6.52. The first kappa shape index (κ1) is 13.1. The van der Waals surface area contributed by atoms with Crippen molar-refractivity contribution in [2.45, 2.75) is 46.2 Å². The molecule has 1 heterocycles. The van der Waals surface area contributed by atoms with E-state index in [0.717, 1.165) is 25.9 Å². The van der Waals surface area contributed by atoms with Crippen molar-refractivity contribution in [3.63, 3.8) is 0 Å². The van der Waals surface area contributed by atoms with E-state index in [-0.39, 0.29) is 6.04 Å². The Labute approximate surface area is 108 Å². The third-order valence-corrected chi connectivity index (χ3v) is 3.97. The van der Waals surface area contributed by atoms with Crippen LogP contribution in [0, 0.1) is 20.8 Å². The highest BCUT2D eigenvalue weighted by Gasteiger charge is 2.30. The van der Waals surface area contributed by atoms with Gasteiger partial charge in [0.25, 0.3) is 0 Å². The average Bonchev–Trinajstić information content (AvgIpc) is 2.74. The van der Waals surface area contributed by atoms with E-state index in [0.29, 0.717) is 0 Å². The molecule has 1 aromatic rings. The lowest BCUT2D eigenvalue weighted by atomic mass is 10.0. The second-order valence-electron chi connectivity index (χ2n) is 5.33. The lowest BCUT2D eigenvalue weighted by molar-refractivity contribution is -0.142. The van der Waals surface area contributed by atoms with Gasteiger partial charge in [-0.3, -0.25) is 9.69 Å². The second kappa shape index (κ2) is 5.11. The van der Waals surface area contributed by atoms with Crippen LogP contribution in [0.25, 0.3) is 0 Å². The van der Waals surface area contributed by atoms with Gasteiger partial charge in [0.2, 0.25) is 0 Å². The highest BCUT2D eigenvalue weighted by Crippen LogP contribution is 2.23. The fraction of sp³-hybridized carbons (Fsp3) is 0.533. The van der Waals surface area contributed by atoms with Gasteiger partial charge in [0.15, 0.2) is 0 Å². The molecule has 1 aromatic carbocycles. The van der Waals surface area contributed by atoms with Crippen LogP contribution in [0.5, 0.6) is 0 Å². The van der Waals surface area contributed by atoms with Gasteiger partial charge in [0, 0.05) is 6.54 Å². The normalized spacial score (nSPS) is 20.3. The Balaban J connectivity index is 2.19. The number of hydrogen-bond acceptors (Lipinski definition) is 2. The van der Waals surface area contributed by atoms with Crippen LogP contribution in [0.1, 0.15) is 35.1 Å². The Morgan fingerprint density at radius 2 is 1.94 bits per heavy atom. The van der Waals surface area contributed by atoms with Crippen molar-refractivity contribution in [2.75, 3.05) is 6.54 Å². The first-order valence-corrected chi connectivity index (χ1v) is 6.52. The number of nitrogens with zero attached hydrogens (tertiary/aromatic N) is 1. The van der Waals surface area contributed by atoms with Gasteiger partial charge in [0.05, 0.1) is 0 Å². The molecule has 3 heteroatoms. The molecule has 0 spiro atoms. The lowest BCUT2D eigenvalue weighted by Gasteiger charge is -2.22. The molecule has 1 aliphatic rings. The third kappa shape index (κ3) is 2.56. The molecular weight excluding hydrogens is 226 g/mol. The number of rotatable bonds is 3. The van der Waals surface area contributed by atoms with Gasteiger partial charge in [-0.2, -0.15) is 0 Å². The minimum Gasteiger partial charge on any atom is -0.480 e. The predicted molar refractivity (Wildman–Crippen MR) is 71.7 cm³/mol. The molecule has 1 aliphatic heterocycles. The maximum atomic E-state index is 11.2. The van der Waals surface area contributed by atoms with Gasteiger partial charge in [-0.15, -0.1) is 0 Å². The highest BCUT2D eigenvalue weighted by atomic mass is 16.4. The monoisotopic (exact) mass is 247 g/mol. The predicted octanol–water partition coefficient (Wildman–Crippen LogP) is 2.66. The molecule has 0 bridgehead atoms. The number of aryl methyl sites for hydroxylation is 3. The molecule has 0 aliphatic carbocycles. The minimum absolute atomic E-state index is 0.300. The van der Waals surface area contributed by atoms with E-state index >= 15 is 0 Å². The van der Waals surface area contributed by atoms with E-state index in [1.807, 2.05) is 0 Å². The molecule has 0 amide bonds. The van der Waals surface area contributed by atoms with E-state index in [2.05, 4.69) is 37.8 Å². The summed E-state index contributed by atoms with van der Waals surface area (Å²) in [6.45, 7) is 7.97. The number of carboxylic acids is 1. The van der Waals surface area contributed by atoms with Crippen molar-refractivity contribution >= 4 is 5.97 Å². The smallest absolute Gasteiger partial charge is 0.320 e. The molecule has 1 saturated heterocycles. The number of carboxylic acid groups (broad SMARTS) is 1. The fourth-order valence-corrected chi connectivity index (χ4v) is 2.70. The zero-order chi connectivity index (χ0) is 13.3. The van der Waals surface area contributed by atoms with Crippen molar-refractivity contribution in [2.24, 2.45) is 0 Å². The van der Waals surface area contributed by atoms with E-state index in [1.54, 1.807) is 0 Å². The van der Waals surface area contributed by atoms with Crippen molar-refractivity contribution < 1.29 is 9.90 Å². The number of carbonyl (C=O) groups is 1. The summed E-state index contributed by atoms with van der Waals surface area (Å²) in [5.41, 5.74) is 5.09. The van der Waals surface area contributed by atoms with Crippen molar-refractivity contribution in [3.8, 4) is 0 Å². The Morgan fingerprint density at radius 3 is 2.61 bits per heavy atom. The quantitative estimate of drug-likeness (QED) is 0.892. The zero-order valence-electron chi connectivity index (χ0n) is 11.4. The van der Waals surface area contributed by atoms with Crippen LogP contribution in [0.2, 0.25) is 0 Å². The van der Waals surface area contributed by atoms with E-state index in [4.69, 9.17) is 0 Å². The van der Waals surface area contributed by atoms with Crippen molar-refractivity contribution in [1.29, 1.82) is 0 Å². The molecule has 18 heavy (non-hydrogen) atoms. The molecule has 0 radical (unpaired) electrons. The molecule has 3 nitrogen and oxygen atoms in total. The molecular formula is C15H21NO2. The maximum absolute atomic E-state index is 11.2. The largest absolute Gasteiger partial charge is 0.480 e. The third-order valence-electron chi connectivity index (χ3n) is 3.97. The summed E-state index contributed by atoms with van der Waals surface area (Å²) in [6.07, 6.45) is 1.76. The van der Waals surface area contributed by atoms with E-state index in [1.165, 1.54) is 22.3 Å². The van der Waals surface area contributed by atoms with E-state index in [9.17, 15) is 9.90 Å². The Kier molecular flexibility index (Phi) is 3.71. The number of hydrogen-bond donors (Lipinski definition) is 1. The van der Waals surface area contributed by atoms with Crippen LogP contribution in [-0.4, -0.2) is 28.6 Å². The second-order valence-corrected chi connectivity index (χ2v) is 5.33. The molecule has 1 atom stereocenters. The summed E-state index contributed by atoms with van der Waals surface area (Å²) in [4.78, 5) is 13.2. The van der Waals surface area contributed by atoms with Crippen LogP contribution in [0.15, 0.2) is 12.1 Å². The molecule has 0 aromatic heterocycles. The minimum atomic E-state index is -0.686. The molecule has 1 fully saturated rings. The summed E-state index contributed by atoms with van der Waals surface area (Å²) >= 11 is 0. The first-order chi connectivity index (χ1) is 8.49. The van der Waals surface area contributed by atoms with Crippen molar-refractivity contribution in [3.05, 3.63) is 34.4 Å². The Hall–Kier alpha value is -1.35. The summed E-state index contributed by atoms with van der Waals surface area (Å²) in [5, 5.41) is 9.19. The Morgan fingerprint density at radius 1 is 1.28 bits per heavy atom. The number of likely N-dealkylation sites (tertiary alicyclic amines) is 1. The van der Waals surface area contributed by atoms with Crippen molar-refractivity contribution in [1.82, 2.24) is 4.90 Å². The number of aliphatic carboxylic acids is 1. The van der Waals surface area contributed by atoms with E-state index < -0.39 is 5.97 Å². The summed E-state index contributed by atoms with van der Waals surface area (Å²) in [7, 11) is 0. The average molecular weight is 247 g/mol. The zero-order valence-corrected chi connectivity index (χ0v) is 11.4. The molecule has 1 unspecified atom stereocenters. The van der Waals surface area contributed by atoms with Gasteiger partial charge in [0.1, 0.15) is 6.04 Å². The highest BCUT2D eigenvalue weighted by molar-refractivity contribution is 5.73. The lowest BCUT2D eigenvalue weighted by Crippen LogP contribution is -2.35. The molecule has 1 N–H and O–H groups in total. The van der Waals surface area contributed by atoms with Gasteiger partial charge in [-0.05, 0) is 62.4 Å². The maximum Gasteiger partial charge on any atom is 0.320 e. The van der Waals surface area contributed by atoms with Gasteiger partial charge < -0.3 is 5.11 Å². The van der Waals surface area contributed by atoms with Crippen LogP contribution in [0.3, 0.4) is 0 Å². The van der Waals surface area contributed by atoms with Crippen LogP contribution >= 0.6 is 0 Å². The molecule has 2 rings (SSSR count). The van der Waals surface area contributed by atoms with Crippen LogP contribution in [-0.2, 0) is 11.3 Å². The Bertz CT molecular complexity index is 468. The number of benzene rings is 1. The molecule has 0 saturated carbocycles. The summed E-state index contributed by atoms with van der Waals surface area (Å²) in [6, 6.07) is 4.09. The standard InChI is InChI=1S/C15H21NO2/c1-10-7-12(3)13(8-11(10)2)9-16-6-4-5-14(16)15(17)18/h7-8,14H,4-6,9H2,1-3H3,(H,17,18). The summed E-state index contributed by atoms with van der Waals surface area (Å²) in [5.74, 6) is -0.686. The molecule has 98 valence electrons. The van der Waals surface area contributed by atoms with Crippen LogP contribution in [0.4, 0.5) is 0 Å². The summed E-state index contributed by atoms with van der Waals surface area (Å²) < 4.78 is 0. The van der Waals surface area contributed by atoms with Gasteiger partial charge in [-0.25, -0.2) is 0 Å². The van der Waals surface area contributed by atoms with Crippen LogP contribution < -0.4 is 0 Å². The van der Waals surface area contributed by atoms with Gasteiger partial charge >= 0.3 is 5.97 Å². The van der Waals surface area contributed by atoms with Gasteiger partial charge in [-0.1, -0.05) is 12.1 Å². The SMILES string of the molecule is Cc1cc(C)c(CN2CCCC2C(=O)O)cc1C.